The van der Waals surface area contributed by atoms with Gasteiger partial charge in [0, 0.05) is 43.6 Å². The van der Waals surface area contributed by atoms with Crippen molar-refractivity contribution < 1.29 is 28.1 Å². The summed E-state index contributed by atoms with van der Waals surface area (Å²) in [4.78, 5) is 55.9. The number of carbonyl (C=O) groups excluding carboxylic acids is 4. The summed E-state index contributed by atoms with van der Waals surface area (Å²) in [6.07, 6.45) is 9.03. The van der Waals surface area contributed by atoms with E-state index in [2.05, 4.69) is 34.2 Å². The van der Waals surface area contributed by atoms with Crippen LogP contribution in [0.4, 0.5) is 10.1 Å². The first-order valence-corrected chi connectivity index (χ1v) is 18.0. The Bertz CT molecular complexity index is 1680. The summed E-state index contributed by atoms with van der Waals surface area (Å²) in [5.74, 6) is -1.72. The third kappa shape index (κ3) is 6.17. The lowest BCUT2D eigenvalue weighted by atomic mass is 9.88. The molecule has 2 aromatic rings. The quantitative estimate of drug-likeness (QED) is 0.218. The normalized spacial score (nSPS) is 25.7. The van der Waals surface area contributed by atoms with Crippen LogP contribution >= 0.6 is 0 Å². The van der Waals surface area contributed by atoms with Gasteiger partial charge in [-0.25, -0.2) is 4.39 Å². The summed E-state index contributed by atoms with van der Waals surface area (Å²) in [5, 5.41) is 13.0. The van der Waals surface area contributed by atoms with Crippen molar-refractivity contribution in [2.24, 2.45) is 17.8 Å². The number of nitrogens with one attached hydrogen (secondary N) is 3. The Hall–Kier alpha value is -4.06. The van der Waals surface area contributed by atoms with E-state index in [4.69, 9.17) is 0 Å². The zero-order valence-electron chi connectivity index (χ0n) is 29.1. The van der Waals surface area contributed by atoms with Crippen molar-refractivity contribution >= 4 is 29.3 Å². The van der Waals surface area contributed by atoms with Gasteiger partial charge in [-0.15, -0.1) is 0 Å². The van der Waals surface area contributed by atoms with Gasteiger partial charge in [-0.05, 0) is 81.0 Å². The molecule has 49 heavy (non-hydrogen) atoms. The molecule has 0 radical (unpaired) electrons. The SMILES string of the molecule is CCC(=O)N[C@@H](C(=O)N1CC[C@@H]2C=C3[C@@H](C1)[N+]32C)[C@@H](C)c1ccc(NC(=O)[C@@H](NC(=O)c2ccnn2C(C)C)C(C2CC2)C2CC2)c(F)c1. The summed E-state index contributed by atoms with van der Waals surface area (Å²) >= 11 is 0. The standard InChI is InChI=1S/C37H48FN7O4/c1-6-31(46)41-33(37(49)43-16-14-25-18-29-30(19-43)45(25,29)5)21(4)24-11-12-27(26(38)17-24)40-36(48)34(32(22-7-8-22)23-9-10-23)42-35(47)28-13-15-39-44(28)20(2)3/h11-13,15,17-18,20-23,25,30,32-34H,6-10,14,16,19H2,1-5H3,(H2-,40,41,42,46,47,48)/p+1/t21-,25+,30+,33+,34-,45?/m0/s1. The van der Waals surface area contributed by atoms with Gasteiger partial charge in [0.15, 0.2) is 11.7 Å². The van der Waals surface area contributed by atoms with Gasteiger partial charge in [-0.1, -0.05) is 19.9 Å². The minimum absolute atomic E-state index is 0.00374. The molecule has 1 aromatic carbocycles. The predicted molar refractivity (Wildman–Crippen MR) is 182 cm³/mol. The summed E-state index contributed by atoms with van der Waals surface area (Å²) in [7, 11) is 2.22. The number of rotatable bonds is 13. The lowest BCUT2D eigenvalue weighted by molar-refractivity contribution is -0.807. The number of carbonyl (C=O) groups is 4. The number of amides is 4. The van der Waals surface area contributed by atoms with E-state index in [0.29, 0.717) is 48.3 Å². The summed E-state index contributed by atoms with van der Waals surface area (Å²) in [5.41, 5.74) is 2.30. The zero-order chi connectivity index (χ0) is 34.8. The van der Waals surface area contributed by atoms with Crippen molar-refractivity contribution in [2.75, 3.05) is 25.5 Å². The fourth-order valence-corrected chi connectivity index (χ4v) is 8.40. The number of quaternary nitrogens is 1. The van der Waals surface area contributed by atoms with E-state index in [-0.39, 0.29) is 41.8 Å². The minimum atomic E-state index is -0.857. The molecule has 0 bridgehead atoms. The van der Waals surface area contributed by atoms with Crippen LogP contribution in [0.3, 0.4) is 0 Å². The van der Waals surface area contributed by atoms with Gasteiger partial charge in [0.05, 0.1) is 19.3 Å². The van der Waals surface area contributed by atoms with Gasteiger partial charge in [-0.2, -0.15) is 5.10 Å². The Morgan fingerprint density at radius 3 is 2.35 bits per heavy atom. The molecule has 4 fully saturated rings. The second-order valence-corrected chi connectivity index (χ2v) is 15.3. The van der Waals surface area contributed by atoms with Gasteiger partial charge < -0.3 is 20.9 Å². The first kappa shape index (κ1) is 33.4. The molecule has 11 nitrogen and oxygen atoms in total. The van der Waals surface area contributed by atoms with Crippen LogP contribution in [0, 0.1) is 23.6 Å². The van der Waals surface area contributed by atoms with Crippen LogP contribution in [0.1, 0.15) is 94.2 Å². The summed E-state index contributed by atoms with van der Waals surface area (Å²) < 4.78 is 18.4. The minimum Gasteiger partial charge on any atom is -0.344 e. The fraction of sp³-hybridized carbons (Fsp3) is 0.595. The molecule has 1 aromatic heterocycles. The highest BCUT2D eigenvalue weighted by Crippen LogP contribution is 2.56. The second kappa shape index (κ2) is 12.7. The molecular weight excluding hydrogens is 625 g/mol. The van der Waals surface area contributed by atoms with Crippen LogP contribution in [0.15, 0.2) is 42.2 Å². The second-order valence-electron chi connectivity index (χ2n) is 15.3. The highest BCUT2D eigenvalue weighted by molar-refractivity contribution is 6.01. The molecule has 7 rings (SSSR count). The van der Waals surface area contributed by atoms with Crippen LogP contribution in [-0.4, -0.2) is 87.1 Å². The molecule has 262 valence electrons. The molecule has 2 aliphatic carbocycles. The molecule has 12 heteroatoms. The van der Waals surface area contributed by atoms with Crippen molar-refractivity contribution in [2.45, 2.75) is 102 Å². The summed E-state index contributed by atoms with van der Waals surface area (Å²) in [6.45, 7) is 8.66. The molecule has 3 aliphatic heterocycles. The summed E-state index contributed by atoms with van der Waals surface area (Å²) in [6, 6.07) is 5.24. The molecule has 2 saturated carbocycles. The third-order valence-electron chi connectivity index (χ3n) is 11.8. The van der Waals surface area contributed by atoms with Crippen molar-refractivity contribution in [3.8, 4) is 0 Å². The molecule has 5 aliphatic rings. The maximum absolute atomic E-state index is 15.8. The van der Waals surface area contributed by atoms with Gasteiger partial charge >= 0.3 is 0 Å². The number of nitrogens with zero attached hydrogens (tertiary/aromatic N) is 4. The fourth-order valence-electron chi connectivity index (χ4n) is 8.40. The Morgan fingerprint density at radius 2 is 1.71 bits per heavy atom. The smallest absolute Gasteiger partial charge is 0.270 e. The van der Waals surface area contributed by atoms with E-state index in [1.54, 1.807) is 29.9 Å². The number of anilines is 1. The number of hydrogen-bond acceptors (Lipinski definition) is 5. The van der Waals surface area contributed by atoms with Crippen LogP contribution < -0.4 is 16.0 Å². The predicted octanol–water partition coefficient (Wildman–Crippen LogP) is 4.10. The Labute approximate surface area is 287 Å². The lowest BCUT2D eigenvalue weighted by Crippen LogP contribution is -2.52. The average molecular weight is 675 g/mol. The molecule has 2 saturated heterocycles. The first-order chi connectivity index (χ1) is 23.4. The number of fused-ring (bicyclic) bond motifs is 1. The van der Waals surface area contributed by atoms with Gasteiger partial charge in [0.2, 0.25) is 17.7 Å². The third-order valence-corrected chi connectivity index (χ3v) is 11.8. The molecule has 0 spiro atoms. The van der Waals surface area contributed by atoms with E-state index in [9.17, 15) is 19.2 Å². The number of hydrogen-bond donors (Lipinski definition) is 3. The number of benzene rings is 1. The Kier molecular flexibility index (Phi) is 8.65. The van der Waals surface area contributed by atoms with Crippen molar-refractivity contribution in [3.63, 3.8) is 0 Å². The molecule has 3 N–H and O–H groups in total. The Morgan fingerprint density at radius 1 is 1.00 bits per heavy atom. The van der Waals surface area contributed by atoms with E-state index in [1.807, 2.05) is 25.7 Å². The van der Waals surface area contributed by atoms with Gasteiger partial charge in [-0.3, -0.25) is 28.3 Å². The van der Waals surface area contributed by atoms with Crippen LogP contribution in [0.25, 0.3) is 0 Å². The van der Waals surface area contributed by atoms with E-state index in [1.165, 1.54) is 17.8 Å². The van der Waals surface area contributed by atoms with E-state index < -0.39 is 29.7 Å². The van der Waals surface area contributed by atoms with Gasteiger partial charge in [0.25, 0.3) is 5.91 Å². The lowest BCUT2D eigenvalue weighted by Gasteiger charge is -2.31. The molecule has 4 heterocycles. The monoisotopic (exact) mass is 674 g/mol. The van der Waals surface area contributed by atoms with Crippen LogP contribution in [-0.2, 0) is 14.4 Å². The maximum atomic E-state index is 15.8. The largest absolute Gasteiger partial charge is 0.344 e. The average Bonchev–Trinajstić information content (AvgIpc) is 4.03. The van der Waals surface area contributed by atoms with E-state index >= 15 is 4.39 Å². The van der Waals surface area contributed by atoms with Crippen molar-refractivity contribution in [1.82, 2.24) is 25.3 Å². The molecule has 4 amide bonds. The first-order valence-electron chi connectivity index (χ1n) is 18.0. The van der Waals surface area contributed by atoms with Crippen molar-refractivity contribution in [3.05, 3.63) is 59.3 Å². The van der Waals surface area contributed by atoms with Crippen LogP contribution in [0.5, 0.6) is 0 Å². The maximum Gasteiger partial charge on any atom is 0.270 e. The Balaban J connectivity index is 1.08. The molecule has 1 unspecified atom stereocenters. The molecular formula is C37H49FN7O4+. The number of aromatic nitrogens is 2. The van der Waals surface area contributed by atoms with Gasteiger partial charge in [0.1, 0.15) is 29.6 Å². The van der Waals surface area contributed by atoms with Crippen LogP contribution in [0.2, 0.25) is 0 Å². The van der Waals surface area contributed by atoms with E-state index in [0.717, 1.165) is 36.6 Å². The number of likely N-dealkylation sites (N-methyl/N-ethyl adjacent to an activating group) is 1. The molecule has 6 atom stereocenters. The highest BCUT2D eigenvalue weighted by Gasteiger charge is 2.71. The topological polar surface area (TPSA) is 125 Å². The highest BCUT2D eigenvalue weighted by atomic mass is 19.1. The number of halogens is 1. The van der Waals surface area contributed by atoms with Crippen molar-refractivity contribution in [1.29, 1.82) is 0 Å². The zero-order valence-corrected chi connectivity index (χ0v) is 29.1.